The van der Waals surface area contributed by atoms with Crippen molar-refractivity contribution in [3.05, 3.63) is 16.0 Å². The van der Waals surface area contributed by atoms with Gasteiger partial charge in [-0.2, -0.15) is 5.26 Å². The Morgan fingerprint density at radius 2 is 2.03 bits per heavy atom. The van der Waals surface area contributed by atoms with Gasteiger partial charge in [0, 0.05) is 29.9 Å². The van der Waals surface area contributed by atoms with Gasteiger partial charge in [0.2, 0.25) is 11.9 Å². The van der Waals surface area contributed by atoms with E-state index in [9.17, 15) is 9.59 Å². The molecule has 2 fully saturated rings. The van der Waals surface area contributed by atoms with Crippen LogP contribution in [0.3, 0.4) is 0 Å². The van der Waals surface area contributed by atoms with Gasteiger partial charge in [0.1, 0.15) is 5.00 Å². The average molecular weight is 429 g/mol. The summed E-state index contributed by atoms with van der Waals surface area (Å²) < 4.78 is 0. The number of nitriles is 1. The fraction of sp³-hybridized carbons (Fsp3) is 0.619. The van der Waals surface area contributed by atoms with Crippen LogP contribution >= 0.6 is 11.3 Å². The van der Waals surface area contributed by atoms with Crippen LogP contribution in [0, 0.1) is 23.3 Å². The number of thiophene rings is 1. The molecule has 3 aliphatic carbocycles. The zero-order valence-electron chi connectivity index (χ0n) is 17.2. The van der Waals surface area contributed by atoms with Crippen molar-refractivity contribution >= 4 is 34.1 Å². The van der Waals surface area contributed by atoms with E-state index in [0.29, 0.717) is 42.0 Å². The van der Waals surface area contributed by atoms with E-state index in [-0.39, 0.29) is 23.8 Å². The van der Waals surface area contributed by atoms with E-state index in [1.165, 1.54) is 24.2 Å². The van der Waals surface area contributed by atoms with Crippen LogP contribution in [0.15, 0.2) is 4.99 Å². The van der Waals surface area contributed by atoms with Gasteiger partial charge in [0.05, 0.1) is 5.56 Å². The van der Waals surface area contributed by atoms with Crippen LogP contribution in [-0.4, -0.2) is 36.9 Å². The van der Waals surface area contributed by atoms with Crippen molar-refractivity contribution < 1.29 is 9.59 Å². The fourth-order valence-corrected chi connectivity index (χ4v) is 5.01. The molecule has 9 heteroatoms. The lowest BCUT2D eigenvalue weighted by molar-refractivity contribution is -0.117. The van der Waals surface area contributed by atoms with Crippen molar-refractivity contribution in [1.29, 1.82) is 5.26 Å². The summed E-state index contributed by atoms with van der Waals surface area (Å²) in [7, 11) is 0. The van der Waals surface area contributed by atoms with E-state index in [4.69, 9.17) is 5.26 Å². The van der Waals surface area contributed by atoms with E-state index in [2.05, 4.69) is 26.3 Å². The lowest BCUT2D eigenvalue weighted by Gasteiger charge is -2.25. The molecule has 160 valence electrons. The van der Waals surface area contributed by atoms with Gasteiger partial charge in [-0.05, 0) is 63.4 Å². The number of nitrogens with one attached hydrogen (secondary N) is 4. The summed E-state index contributed by atoms with van der Waals surface area (Å²) in [5.74, 6) is 1.07. The van der Waals surface area contributed by atoms with Gasteiger partial charge in [-0.3, -0.25) is 19.9 Å². The molecule has 0 radical (unpaired) electrons. The third-order valence-electron chi connectivity index (χ3n) is 5.75. The topological polar surface area (TPSA) is 118 Å². The summed E-state index contributed by atoms with van der Waals surface area (Å²) in [4.78, 5) is 30.9. The Kier molecular flexibility index (Phi) is 6.23. The summed E-state index contributed by atoms with van der Waals surface area (Å²) >= 11 is 1.54. The maximum Gasteiger partial charge on any atom is 0.254 e. The van der Waals surface area contributed by atoms with E-state index in [0.717, 1.165) is 36.1 Å². The van der Waals surface area contributed by atoms with Crippen LogP contribution in [0.2, 0.25) is 0 Å². The quantitative estimate of drug-likeness (QED) is 0.230. The van der Waals surface area contributed by atoms with Crippen LogP contribution in [0.25, 0.3) is 0 Å². The predicted octanol–water partition coefficient (Wildman–Crippen LogP) is 2.13. The number of nitrogens with zero attached hydrogens (tertiary/aromatic N) is 2. The average Bonchev–Trinajstić information content (AvgIpc) is 3.63. The van der Waals surface area contributed by atoms with Crippen molar-refractivity contribution in [1.82, 2.24) is 16.0 Å². The monoisotopic (exact) mass is 428 g/mol. The van der Waals surface area contributed by atoms with Gasteiger partial charge in [0.15, 0.2) is 6.19 Å². The number of hydrogen-bond donors (Lipinski definition) is 4. The van der Waals surface area contributed by atoms with E-state index < -0.39 is 0 Å². The number of anilines is 1. The Balaban J connectivity index is 1.54. The Morgan fingerprint density at radius 3 is 2.70 bits per heavy atom. The van der Waals surface area contributed by atoms with Crippen molar-refractivity contribution in [2.75, 3.05) is 18.4 Å². The van der Waals surface area contributed by atoms with Crippen LogP contribution < -0.4 is 21.3 Å². The minimum Gasteiger partial charge on any atom is -0.352 e. The molecule has 2 amide bonds. The molecule has 3 aliphatic rings. The van der Waals surface area contributed by atoms with Crippen molar-refractivity contribution in [3.63, 3.8) is 0 Å². The molecule has 0 spiro atoms. The Hall–Kier alpha value is -2.60. The summed E-state index contributed by atoms with van der Waals surface area (Å²) in [5, 5.41) is 21.6. The number of guanidine groups is 1. The molecular formula is C21H28N6O2S. The zero-order valence-corrected chi connectivity index (χ0v) is 18.0. The van der Waals surface area contributed by atoms with Crippen LogP contribution in [-0.2, 0) is 17.6 Å². The third-order valence-corrected chi connectivity index (χ3v) is 6.96. The lowest BCUT2D eigenvalue weighted by Crippen LogP contribution is -2.44. The smallest absolute Gasteiger partial charge is 0.254 e. The SMILES string of the molecule is CCN=C(NC#N)NC1CCc2sc(NC(=O)C3CC3)c(C(=O)NCC3CC3)c2C1. The molecule has 0 bridgehead atoms. The number of amides is 2. The van der Waals surface area contributed by atoms with Crippen LogP contribution in [0.1, 0.15) is 59.8 Å². The molecule has 2 saturated carbocycles. The van der Waals surface area contributed by atoms with Gasteiger partial charge in [-0.15, -0.1) is 11.3 Å². The highest BCUT2D eigenvalue weighted by atomic mass is 32.1. The number of rotatable bonds is 7. The van der Waals surface area contributed by atoms with Crippen molar-refractivity contribution in [2.24, 2.45) is 16.8 Å². The molecular weight excluding hydrogens is 400 g/mol. The second-order valence-electron chi connectivity index (χ2n) is 8.27. The normalized spacial score (nSPS) is 20.7. The zero-order chi connectivity index (χ0) is 21.1. The first kappa shape index (κ1) is 20.7. The number of fused-ring (bicyclic) bond motifs is 1. The molecule has 1 unspecified atom stereocenters. The summed E-state index contributed by atoms with van der Waals surface area (Å²) in [6.45, 7) is 3.18. The Bertz CT molecular complexity index is 894. The second kappa shape index (κ2) is 9.04. The minimum atomic E-state index is -0.0938. The summed E-state index contributed by atoms with van der Waals surface area (Å²) in [6.07, 6.45) is 8.48. The van der Waals surface area contributed by atoms with E-state index in [1.54, 1.807) is 0 Å². The Labute approximate surface area is 180 Å². The highest BCUT2D eigenvalue weighted by Crippen LogP contribution is 2.40. The molecule has 4 rings (SSSR count). The third kappa shape index (κ3) is 4.93. The first-order chi connectivity index (χ1) is 14.6. The maximum absolute atomic E-state index is 13.1. The summed E-state index contributed by atoms with van der Waals surface area (Å²) in [5.41, 5.74) is 1.63. The number of carbonyl (C=O) groups excluding carboxylic acids is 2. The lowest BCUT2D eigenvalue weighted by atomic mass is 9.91. The molecule has 1 aromatic rings. The highest BCUT2D eigenvalue weighted by Gasteiger charge is 2.34. The van der Waals surface area contributed by atoms with Gasteiger partial charge >= 0.3 is 0 Å². The standard InChI is InChI=1S/C21H28N6O2S/c1-2-23-21(25-11-22)26-14-7-8-16-15(9-14)17(19(29)24-10-12-3-4-12)20(30-16)27-18(28)13-5-6-13/h12-14H,2-10H2,1H3,(H,24,29)(H,27,28)(H2,23,25,26). The van der Waals surface area contributed by atoms with Crippen molar-refractivity contribution in [3.8, 4) is 6.19 Å². The van der Waals surface area contributed by atoms with Crippen LogP contribution in [0.5, 0.6) is 0 Å². The second-order valence-corrected chi connectivity index (χ2v) is 9.37. The predicted molar refractivity (Wildman–Crippen MR) is 116 cm³/mol. The minimum absolute atomic E-state index is 0.0232. The highest BCUT2D eigenvalue weighted by molar-refractivity contribution is 7.17. The van der Waals surface area contributed by atoms with Gasteiger partial charge in [-0.1, -0.05) is 0 Å². The first-order valence-corrected chi connectivity index (χ1v) is 11.6. The first-order valence-electron chi connectivity index (χ1n) is 10.8. The maximum atomic E-state index is 13.1. The number of aliphatic imine (C=N–C) groups is 1. The van der Waals surface area contributed by atoms with Gasteiger partial charge < -0.3 is 16.0 Å². The van der Waals surface area contributed by atoms with Gasteiger partial charge in [0.25, 0.3) is 5.91 Å². The van der Waals surface area contributed by atoms with Gasteiger partial charge in [-0.25, -0.2) is 0 Å². The molecule has 0 aromatic carbocycles. The van der Waals surface area contributed by atoms with Crippen molar-refractivity contribution in [2.45, 2.75) is 57.9 Å². The number of aryl methyl sites for hydroxylation is 1. The number of carbonyl (C=O) groups is 2. The largest absolute Gasteiger partial charge is 0.352 e. The Morgan fingerprint density at radius 1 is 1.23 bits per heavy atom. The molecule has 0 aliphatic heterocycles. The molecule has 30 heavy (non-hydrogen) atoms. The number of hydrogen-bond acceptors (Lipinski definition) is 5. The molecule has 8 nitrogen and oxygen atoms in total. The van der Waals surface area contributed by atoms with E-state index >= 15 is 0 Å². The van der Waals surface area contributed by atoms with E-state index in [1.807, 2.05) is 13.1 Å². The van der Waals surface area contributed by atoms with Crippen LogP contribution in [0.4, 0.5) is 5.00 Å². The molecule has 1 atom stereocenters. The molecule has 0 saturated heterocycles. The molecule has 4 N–H and O–H groups in total. The molecule has 1 heterocycles. The molecule has 1 aromatic heterocycles. The summed E-state index contributed by atoms with van der Waals surface area (Å²) in [6, 6.07) is 0.0696. The fourth-order valence-electron chi connectivity index (χ4n) is 3.77.